The third-order valence-electron chi connectivity index (χ3n) is 0.589. The van der Waals surface area contributed by atoms with Crippen LogP contribution in [0.5, 0.6) is 0 Å². The summed E-state index contributed by atoms with van der Waals surface area (Å²) in [5.41, 5.74) is 0. The van der Waals surface area contributed by atoms with Crippen molar-refractivity contribution in [2.75, 3.05) is 0 Å². The molecule has 0 bridgehead atoms. The molecule has 0 saturated carbocycles. The van der Waals surface area contributed by atoms with Crippen LogP contribution in [0.25, 0.3) is 0 Å². The average Bonchev–Trinajstić information content (AvgIpc) is 1.21. The van der Waals surface area contributed by atoms with Gasteiger partial charge in [0, 0.05) is 0 Å². The van der Waals surface area contributed by atoms with Crippen molar-refractivity contribution in [1.82, 2.24) is 0 Å². The fourth-order valence-corrected chi connectivity index (χ4v) is 14.2. The van der Waals surface area contributed by atoms with E-state index in [0.29, 0.717) is 23.6 Å². The van der Waals surface area contributed by atoms with E-state index in [-0.39, 0.29) is 6.34 Å². The van der Waals surface area contributed by atoms with Gasteiger partial charge in [0.2, 0.25) is 0 Å². The Labute approximate surface area is 63.8 Å². The molecule has 0 aliphatic heterocycles. The molecule has 0 rings (SSSR count). The quantitative estimate of drug-likeness (QED) is 0.618. The number of hydrogen-bond donors (Lipinski definition) is 0. The molecule has 0 aromatic rings. The molecule has 0 aliphatic rings. The van der Waals surface area contributed by atoms with Crippen molar-refractivity contribution in [2.45, 2.75) is 37.3 Å². The van der Waals surface area contributed by atoms with Crippen LogP contribution >= 0.6 is 0 Å². The molecule has 0 unspecified atom stereocenters. The van der Waals surface area contributed by atoms with E-state index in [9.17, 15) is 0 Å². The third kappa shape index (κ3) is 7.01. The maximum atomic E-state index is 2.47. The average molecular weight is 244 g/mol. The minimum atomic E-state index is -0.166. The summed E-state index contributed by atoms with van der Waals surface area (Å²) in [5.74, 6) is 0. The Kier molecular flexibility index (Phi) is 3.65. The topological polar surface area (TPSA) is 0 Å². The van der Waals surface area contributed by atoms with Crippen molar-refractivity contribution in [3.8, 4) is 0 Å². The summed E-state index contributed by atoms with van der Waals surface area (Å²) in [7, 11) is 0. The van der Waals surface area contributed by atoms with Crippen LogP contribution in [0.1, 0.15) is 20.8 Å². The van der Waals surface area contributed by atoms with Crippen LogP contribution in [-0.4, -0.2) is 26.5 Å². The summed E-state index contributed by atoms with van der Waals surface area (Å²) in [6, 6.07) is 0. The van der Waals surface area contributed by atoms with E-state index in [1.54, 1.807) is 0 Å². The fourth-order valence-electron chi connectivity index (χ4n) is 0.707. The molecule has 0 spiro atoms. The van der Waals surface area contributed by atoms with Gasteiger partial charge in [-0.3, -0.25) is 0 Å². The zero-order valence-corrected chi connectivity index (χ0v) is 9.97. The van der Waals surface area contributed by atoms with Crippen LogP contribution in [0.3, 0.4) is 0 Å². The summed E-state index contributed by atoms with van der Waals surface area (Å²) in [6.45, 7) is 12.1. The zero-order valence-electron chi connectivity index (χ0n) is 6.49. The van der Waals surface area contributed by atoms with Crippen LogP contribution in [0, 0.1) is 0 Å². The normalized spacial score (nSPS) is 12.8. The van der Waals surface area contributed by atoms with Crippen molar-refractivity contribution in [2.24, 2.45) is 0 Å². The molecule has 0 heterocycles. The molecule has 0 amide bonds. The first kappa shape index (κ1) is 9.01. The van der Waals surface area contributed by atoms with Gasteiger partial charge in [-0.25, -0.2) is 0 Å². The van der Waals surface area contributed by atoms with Gasteiger partial charge in [0.05, 0.1) is 0 Å². The SMILES string of the molecule is C[SiH](C)[Te+]C(C)(C)C. The second-order valence-electron chi connectivity index (χ2n) is 3.28. The van der Waals surface area contributed by atoms with Gasteiger partial charge in [-0.2, -0.15) is 0 Å². The van der Waals surface area contributed by atoms with E-state index in [0.717, 1.165) is 0 Å². The van der Waals surface area contributed by atoms with E-state index in [4.69, 9.17) is 0 Å². The molecule has 0 aliphatic carbocycles. The molecule has 0 fully saturated rings. The molecule has 0 atom stereocenters. The Balaban J connectivity index is 3.39. The van der Waals surface area contributed by atoms with Gasteiger partial charge in [-0.15, -0.1) is 0 Å². The molecule has 1 radical (unpaired) electrons. The first-order valence-electron chi connectivity index (χ1n) is 3.09. The van der Waals surface area contributed by atoms with Crippen molar-refractivity contribution >= 4 is 26.5 Å². The predicted octanol–water partition coefficient (Wildman–Crippen LogP) is 1.89. The van der Waals surface area contributed by atoms with Gasteiger partial charge in [-0.05, 0) is 0 Å². The fraction of sp³-hybridized carbons (Fsp3) is 1.00. The molecule has 0 aromatic carbocycles. The van der Waals surface area contributed by atoms with Gasteiger partial charge >= 0.3 is 63.8 Å². The summed E-state index contributed by atoms with van der Waals surface area (Å²) in [6.07, 6.45) is -0.166. The Morgan fingerprint density at radius 3 is 1.50 bits per heavy atom. The first-order chi connectivity index (χ1) is 3.42. The summed E-state index contributed by atoms with van der Waals surface area (Å²) in [5, 5.41) is 0. The Bertz CT molecular complexity index is 63.4. The van der Waals surface area contributed by atoms with E-state index < -0.39 is 0 Å². The Hall–Kier alpha value is 1.01. The third-order valence-corrected chi connectivity index (χ3v) is 11.9. The standard InChI is InChI=1S/C6H16SiTe/c1-6(2,3)8-7(4)5/h7H,1-5H3/q+1. The van der Waals surface area contributed by atoms with Crippen LogP contribution in [0.2, 0.25) is 16.6 Å². The molecule has 0 nitrogen and oxygen atoms in total. The molecule has 2 heteroatoms. The summed E-state index contributed by atoms with van der Waals surface area (Å²) in [4.78, 5) is 0. The van der Waals surface area contributed by atoms with Crippen LogP contribution < -0.4 is 0 Å². The van der Waals surface area contributed by atoms with Crippen LogP contribution in [0.4, 0.5) is 0 Å². The minimum absolute atomic E-state index is 0.166. The van der Waals surface area contributed by atoms with Gasteiger partial charge < -0.3 is 0 Å². The number of rotatable bonds is 1. The number of hydrogen-bond acceptors (Lipinski definition) is 0. The van der Waals surface area contributed by atoms with Crippen molar-refractivity contribution < 1.29 is 0 Å². The van der Waals surface area contributed by atoms with Crippen LogP contribution in [-0.2, 0) is 0 Å². The van der Waals surface area contributed by atoms with E-state index in [2.05, 4.69) is 33.9 Å². The van der Waals surface area contributed by atoms with Crippen molar-refractivity contribution in [1.29, 1.82) is 0 Å². The maximum absolute atomic E-state index is 2.47. The van der Waals surface area contributed by atoms with E-state index in [1.165, 1.54) is 0 Å². The molecule has 0 saturated heterocycles. The summed E-state index contributed by atoms with van der Waals surface area (Å²) < 4.78 is 0.714. The van der Waals surface area contributed by atoms with Gasteiger partial charge in [0.1, 0.15) is 0 Å². The molecular weight excluding hydrogens is 228 g/mol. The van der Waals surface area contributed by atoms with Gasteiger partial charge in [0.15, 0.2) is 0 Å². The van der Waals surface area contributed by atoms with Gasteiger partial charge in [-0.1, -0.05) is 0 Å². The Morgan fingerprint density at radius 2 is 1.50 bits per heavy atom. The molecule has 8 heavy (non-hydrogen) atoms. The first-order valence-corrected chi connectivity index (χ1v) is 11.1. The molecule has 0 N–H and O–H groups in total. The van der Waals surface area contributed by atoms with E-state index >= 15 is 0 Å². The van der Waals surface area contributed by atoms with Crippen molar-refractivity contribution in [3.63, 3.8) is 0 Å². The predicted molar refractivity (Wildman–Crippen MR) is 44.3 cm³/mol. The second-order valence-corrected chi connectivity index (χ2v) is 19.2. The van der Waals surface area contributed by atoms with Crippen molar-refractivity contribution in [3.05, 3.63) is 0 Å². The zero-order chi connectivity index (χ0) is 6.78. The molecular formula is C6H16SiTe+. The molecule has 0 aromatic heterocycles. The summed E-state index contributed by atoms with van der Waals surface area (Å²) >= 11 is 0.396. The molecule has 49 valence electrons. The van der Waals surface area contributed by atoms with Crippen LogP contribution in [0.15, 0.2) is 0 Å². The van der Waals surface area contributed by atoms with Gasteiger partial charge in [0.25, 0.3) is 0 Å². The Morgan fingerprint density at radius 1 is 1.12 bits per heavy atom. The second kappa shape index (κ2) is 3.24. The monoisotopic (exact) mass is 246 g/mol. The van der Waals surface area contributed by atoms with E-state index in [1.807, 2.05) is 0 Å².